The first-order valence-corrected chi connectivity index (χ1v) is 7.33. The second-order valence-corrected chi connectivity index (χ2v) is 6.18. The average molecular weight is 317 g/mol. The van der Waals surface area contributed by atoms with Crippen molar-refractivity contribution < 1.29 is 9.53 Å². The summed E-state index contributed by atoms with van der Waals surface area (Å²) in [5.74, 6) is 1.00. The molecule has 1 aromatic rings. The number of nitrogens with two attached hydrogens (primary N) is 1. The van der Waals surface area contributed by atoms with Gasteiger partial charge in [0.1, 0.15) is 5.75 Å². The van der Waals surface area contributed by atoms with Gasteiger partial charge in [0.05, 0.1) is 12.4 Å². The number of hydrogen-bond donors (Lipinski definition) is 1. The van der Waals surface area contributed by atoms with Crippen molar-refractivity contribution in [1.29, 1.82) is 0 Å². The lowest BCUT2D eigenvalue weighted by molar-refractivity contribution is -0.129. The van der Waals surface area contributed by atoms with E-state index in [1.54, 1.807) is 18.9 Å². The Hall–Kier alpha value is -0.910. The maximum Gasteiger partial charge on any atom is 0.235 e. The second kappa shape index (κ2) is 7.76. The van der Waals surface area contributed by atoms with Crippen molar-refractivity contribution in [1.82, 2.24) is 4.90 Å². The first-order valence-electron chi connectivity index (χ1n) is 6.45. The summed E-state index contributed by atoms with van der Waals surface area (Å²) in [4.78, 5) is 15.2. The first-order chi connectivity index (χ1) is 9.10. The molecule has 1 aliphatic heterocycles. The van der Waals surface area contributed by atoms with Gasteiger partial charge in [0.15, 0.2) is 0 Å². The Morgan fingerprint density at radius 3 is 2.60 bits per heavy atom. The molecule has 0 radical (unpaired) electrons. The number of likely N-dealkylation sites (tertiary alicyclic amines) is 1. The van der Waals surface area contributed by atoms with Crippen LogP contribution in [0.2, 0.25) is 0 Å². The molecular weight excluding hydrogens is 296 g/mol. The van der Waals surface area contributed by atoms with E-state index in [1.807, 2.05) is 36.1 Å². The molecule has 0 aliphatic carbocycles. The van der Waals surface area contributed by atoms with Crippen molar-refractivity contribution in [2.24, 2.45) is 5.73 Å². The number of rotatable bonds is 4. The van der Waals surface area contributed by atoms with Crippen LogP contribution in [-0.4, -0.2) is 42.3 Å². The molecule has 1 unspecified atom stereocenters. The van der Waals surface area contributed by atoms with Gasteiger partial charge in [0.2, 0.25) is 5.91 Å². The molecular formula is C14H21ClN2O2S. The van der Waals surface area contributed by atoms with Crippen LogP contribution in [-0.2, 0) is 4.79 Å². The van der Waals surface area contributed by atoms with Gasteiger partial charge in [0.25, 0.3) is 0 Å². The highest BCUT2D eigenvalue weighted by molar-refractivity contribution is 8.00. The zero-order valence-corrected chi connectivity index (χ0v) is 13.4. The number of benzene rings is 1. The highest BCUT2D eigenvalue weighted by Crippen LogP contribution is 2.27. The molecule has 2 rings (SSSR count). The van der Waals surface area contributed by atoms with E-state index in [2.05, 4.69) is 0 Å². The van der Waals surface area contributed by atoms with Crippen molar-refractivity contribution in [3.05, 3.63) is 24.3 Å². The molecule has 4 nitrogen and oxygen atoms in total. The third kappa shape index (κ3) is 4.30. The van der Waals surface area contributed by atoms with Crippen LogP contribution in [0.4, 0.5) is 0 Å². The van der Waals surface area contributed by atoms with E-state index in [1.165, 1.54) is 0 Å². The number of ether oxygens (including phenoxy) is 1. The molecule has 1 amide bonds. The molecule has 1 aromatic carbocycles. The normalized spacial score (nSPS) is 19.4. The smallest absolute Gasteiger partial charge is 0.235 e. The van der Waals surface area contributed by atoms with Crippen molar-refractivity contribution >= 4 is 30.1 Å². The number of hydrogen-bond acceptors (Lipinski definition) is 4. The maximum absolute atomic E-state index is 12.2. The molecule has 1 heterocycles. The first kappa shape index (κ1) is 17.1. The molecule has 0 bridgehead atoms. The van der Waals surface area contributed by atoms with E-state index in [-0.39, 0.29) is 29.6 Å². The minimum Gasteiger partial charge on any atom is -0.497 e. The van der Waals surface area contributed by atoms with Crippen molar-refractivity contribution in [3.8, 4) is 5.75 Å². The number of thioether (sulfide) groups is 1. The van der Waals surface area contributed by atoms with E-state index in [9.17, 15) is 4.79 Å². The average Bonchev–Trinajstić information content (AvgIpc) is 2.85. The summed E-state index contributed by atoms with van der Waals surface area (Å²) in [6, 6.07) is 7.91. The lowest BCUT2D eigenvalue weighted by Gasteiger charge is -2.20. The van der Waals surface area contributed by atoms with Crippen LogP contribution < -0.4 is 10.5 Å². The molecule has 0 spiro atoms. The van der Waals surface area contributed by atoms with E-state index in [0.717, 1.165) is 23.6 Å². The molecule has 1 fully saturated rings. The van der Waals surface area contributed by atoms with E-state index < -0.39 is 0 Å². The van der Waals surface area contributed by atoms with Crippen molar-refractivity contribution in [2.45, 2.75) is 29.5 Å². The van der Waals surface area contributed by atoms with Gasteiger partial charge in [0, 0.05) is 24.0 Å². The third-order valence-corrected chi connectivity index (χ3v) is 4.36. The number of halogens is 1. The molecule has 2 atom stereocenters. The minimum atomic E-state index is -0.0845. The van der Waals surface area contributed by atoms with Gasteiger partial charge in [-0.25, -0.2) is 0 Å². The Kier molecular flexibility index (Phi) is 6.65. The molecule has 1 aliphatic rings. The fourth-order valence-electron chi connectivity index (χ4n) is 2.15. The summed E-state index contributed by atoms with van der Waals surface area (Å²) in [5, 5.41) is -0.0845. The Bertz CT molecular complexity index is 441. The number of carbonyl (C=O) groups excluding carboxylic acids is 1. The molecule has 1 saturated heterocycles. The van der Waals surface area contributed by atoms with Gasteiger partial charge in [-0.05, 0) is 37.6 Å². The van der Waals surface area contributed by atoms with Crippen LogP contribution in [0.15, 0.2) is 29.2 Å². The van der Waals surface area contributed by atoms with Crippen LogP contribution in [0.5, 0.6) is 5.75 Å². The zero-order chi connectivity index (χ0) is 13.8. The monoisotopic (exact) mass is 316 g/mol. The minimum absolute atomic E-state index is 0. The Morgan fingerprint density at radius 2 is 2.10 bits per heavy atom. The van der Waals surface area contributed by atoms with Crippen LogP contribution in [0, 0.1) is 0 Å². The molecule has 6 heteroatoms. The van der Waals surface area contributed by atoms with Gasteiger partial charge >= 0.3 is 0 Å². The van der Waals surface area contributed by atoms with E-state index in [4.69, 9.17) is 10.5 Å². The number of nitrogens with zero attached hydrogens (tertiary/aromatic N) is 1. The Labute approximate surface area is 130 Å². The Morgan fingerprint density at radius 1 is 1.45 bits per heavy atom. The fourth-order valence-corrected chi connectivity index (χ4v) is 3.10. The maximum atomic E-state index is 12.2. The molecule has 2 N–H and O–H groups in total. The van der Waals surface area contributed by atoms with Crippen LogP contribution in [0.1, 0.15) is 13.3 Å². The lowest BCUT2D eigenvalue weighted by Crippen LogP contribution is -2.36. The summed E-state index contributed by atoms with van der Waals surface area (Å²) in [5.41, 5.74) is 5.83. The molecule has 0 saturated carbocycles. The summed E-state index contributed by atoms with van der Waals surface area (Å²) in [6.45, 7) is 3.42. The van der Waals surface area contributed by atoms with Gasteiger partial charge in [-0.2, -0.15) is 0 Å². The van der Waals surface area contributed by atoms with Gasteiger partial charge < -0.3 is 15.4 Å². The summed E-state index contributed by atoms with van der Waals surface area (Å²) in [7, 11) is 1.64. The Balaban J connectivity index is 0.00000200. The fraction of sp³-hybridized carbons (Fsp3) is 0.500. The number of amides is 1. The van der Waals surface area contributed by atoms with E-state index >= 15 is 0 Å². The van der Waals surface area contributed by atoms with Crippen LogP contribution >= 0.6 is 24.2 Å². The van der Waals surface area contributed by atoms with Gasteiger partial charge in [-0.15, -0.1) is 24.2 Å². The second-order valence-electron chi connectivity index (χ2n) is 4.77. The van der Waals surface area contributed by atoms with Crippen molar-refractivity contribution in [2.75, 3.05) is 20.2 Å². The molecule has 112 valence electrons. The highest BCUT2D eigenvalue weighted by Gasteiger charge is 2.27. The number of methoxy groups -OCH3 is 1. The summed E-state index contributed by atoms with van der Waals surface area (Å²) < 4.78 is 5.12. The van der Waals surface area contributed by atoms with Gasteiger partial charge in [-0.3, -0.25) is 4.79 Å². The standard InChI is InChI=1S/C14H20N2O2S.ClH/c1-10(14(17)16-8-7-11(15)9-16)19-13-5-3-12(18-2)4-6-13;/h3-6,10-11H,7-9,15H2,1-2H3;1H/t10?,11-;/m1./s1. The molecule has 20 heavy (non-hydrogen) atoms. The molecule has 0 aromatic heterocycles. The summed E-state index contributed by atoms with van der Waals surface area (Å²) in [6.07, 6.45) is 0.908. The third-order valence-electron chi connectivity index (χ3n) is 3.26. The zero-order valence-electron chi connectivity index (χ0n) is 11.7. The highest BCUT2D eigenvalue weighted by atomic mass is 35.5. The van der Waals surface area contributed by atoms with E-state index in [0.29, 0.717) is 6.54 Å². The predicted molar refractivity (Wildman–Crippen MR) is 84.7 cm³/mol. The van der Waals surface area contributed by atoms with Crippen molar-refractivity contribution in [3.63, 3.8) is 0 Å². The summed E-state index contributed by atoms with van der Waals surface area (Å²) >= 11 is 1.57. The quantitative estimate of drug-likeness (QED) is 0.865. The van der Waals surface area contributed by atoms with Gasteiger partial charge in [-0.1, -0.05) is 0 Å². The lowest BCUT2D eigenvalue weighted by atomic mass is 10.3. The number of carbonyl (C=O) groups is 1. The topological polar surface area (TPSA) is 55.6 Å². The van der Waals surface area contributed by atoms with Crippen LogP contribution in [0.25, 0.3) is 0 Å². The van der Waals surface area contributed by atoms with Crippen LogP contribution in [0.3, 0.4) is 0 Å². The predicted octanol–water partition coefficient (Wildman–Crippen LogP) is 2.16. The largest absolute Gasteiger partial charge is 0.497 e. The SMILES string of the molecule is COc1ccc(SC(C)C(=O)N2CC[C@@H](N)C2)cc1.Cl.